The third-order valence-corrected chi connectivity index (χ3v) is 4.00. The van der Waals surface area contributed by atoms with Crippen molar-refractivity contribution in [1.29, 1.82) is 5.26 Å². The van der Waals surface area contributed by atoms with Crippen molar-refractivity contribution < 1.29 is 0 Å². The molecule has 0 unspecified atom stereocenters. The zero-order chi connectivity index (χ0) is 13.0. The summed E-state index contributed by atoms with van der Waals surface area (Å²) in [7, 11) is 0. The van der Waals surface area contributed by atoms with E-state index in [4.69, 9.17) is 5.26 Å². The van der Waals surface area contributed by atoms with Crippen LogP contribution in [0.3, 0.4) is 0 Å². The molecule has 1 aromatic heterocycles. The first-order valence-electron chi connectivity index (χ1n) is 5.59. The minimum Gasteiger partial charge on any atom is -0.378 e. The van der Waals surface area contributed by atoms with Crippen LogP contribution in [0.2, 0.25) is 0 Å². The molecule has 3 nitrogen and oxygen atoms in total. The number of aromatic nitrogens is 1. The number of nitrogens with one attached hydrogen (secondary N) is 1. The summed E-state index contributed by atoms with van der Waals surface area (Å²) in [5.41, 5.74) is 2.49. The Morgan fingerprint density at radius 2 is 2.33 bits per heavy atom. The molecule has 0 aliphatic carbocycles. The highest BCUT2D eigenvalue weighted by Gasteiger charge is 2.04. The Morgan fingerprint density at radius 3 is 3.00 bits per heavy atom. The van der Waals surface area contributed by atoms with Crippen molar-refractivity contribution in [3.8, 4) is 6.07 Å². The largest absolute Gasteiger partial charge is 0.378 e. The van der Waals surface area contributed by atoms with Crippen LogP contribution < -0.4 is 5.32 Å². The number of hydrogen-bond donors (Lipinski definition) is 1. The summed E-state index contributed by atoms with van der Waals surface area (Å²) in [5, 5.41) is 15.5. The fourth-order valence-corrected chi connectivity index (χ4v) is 2.65. The highest BCUT2D eigenvalue weighted by Crippen LogP contribution is 2.21. The Kier molecular flexibility index (Phi) is 4.34. The molecule has 0 spiro atoms. The van der Waals surface area contributed by atoms with Crippen molar-refractivity contribution in [2.45, 2.75) is 19.9 Å². The molecule has 2 aromatic rings. The van der Waals surface area contributed by atoms with Gasteiger partial charge in [0.05, 0.1) is 28.5 Å². The van der Waals surface area contributed by atoms with Crippen molar-refractivity contribution in [3.63, 3.8) is 0 Å². The zero-order valence-electron chi connectivity index (χ0n) is 9.90. The van der Waals surface area contributed by atoms with Crippen molar-refractivity contribution in [3.05, 3.63) is 44.3 Å². The van der Waals surface area contributed by atoms with Gasteiger partial charge < -0.3 is 5.32 Å². The third-order valence-electron chi connectivity index (χ3n) is 2.46. The molecule has 0 amide bonds. The molecular formula is C13H12BrN3S. The lowest BCUT2D eigenvalue weighted by atomic mass is 10.2. The van der Waals surface area contributed by atoms with Gasteiger partial charge in [-0.1, -0.05) is 22.9 Å². The second-order valence-electron chi connectivity index (χ2n) is 3.74. The van der Waals surface area contributed by atoms with E-state index in [0.717, 1.165) is 27.3 Å². The van der Waals surface area contributed by atoms with E-state index < -0.39 is 0 Å². The Bertz CT molecular complexity index is 586. The summed E-state index contributed by atoms with van der Waals surface area (Å²) in [4.78, 5) is 4.48. The number of nitrogens with zero attached hydrogens (tertiary/aromatic N) is 2. The Morgan fingerprint density at radius 1 is 1.50 bits per heavy atom. The number of rotatable bonds is 4. The normalized spacial score (nSPS) is 10.1. The quantitative estimate of drug-likeness (QED) is 0.927. The third kappa shape index (κ3) is 3.09. The lowest BCUT2D eigenvalue weighted by molar-refractivity contribution is 1.01. The maximum Gasteiger partial charge on any atom is 0.101 e. The molecule has 0 aliphatic heterocycles. The maximum atomic E-state index is 9.06. The zero-order valence-corrected chi connectivity index (χ0v) is 12.3. The van der Waals surface area contributed by atoms with Gasteiger partial charge in [-0.05, 0) is 24.6 Å². The van der Waals surface area contributed by atoms with Gasteiger partial charge in [0.25, 0.3) is 0 Å². The number of anilines is 1. The van der Waals surface area contributed by atoms with E-state index in [1.165, 1.54) is 0 Å². The van der Waals surface area contributed by atoms with Gasteiger partial charge in [-0.2, -0.15) is 5.26 Å². The first kappa shape index (κ1) is 13.1. The van der Waals surface area contributed by atoms with Gasteiger partial charge in [0.2, 0.25) is 0 Å². The standard InChI is InChI=1S/C13H12BrN3S/c1-2-13-17-11(8-18-13)7-16-12-4-3-10(14)5-9(12)6-15/h3-5,8,16H,2,7H2,1H3. The minimum atomic E-state index is 0.635. The fourth-order valence-electron chi connectivity index (χ4n) is 1.54. The van der Waals surface area contributed by atoms with Crippen LogP contribution in [0.15, 0.2) is 28.1 Å². The van der Waals surface area contributed by atoms with Crippen LogP contribution in [0.5, 0.6) is 0 Å². The SMILES string of the molecule is CCc1nc(CNc2ccc(Br)cc2C#N)cs1. The number of halogens is 1. The first-order chi connectivity index (χ1) is 8.72. The fraction of sp³-hybridized carbons (Fsp3) is 0.231. The van der Waals surface area contributed by atoms with Crippen LogP contribution in [0, 0.1) is 11.3 Å². The molecule has 0 bridgehead atoms. The molecule has 2 rings (SSSR count). The number of aryl methyl sites for hydroxylation is 1. The monoisotopic (exact) mass is 321 g/mol. The number of nitriles is 1. The van der Waals surface area contributed by atoms with Crippen molar-refractivity contribution >= 4 is 33.0 Å². The van der Waals surface area contributed by atoms with E-state index in [9.17, 15) is 0 Å². The average Bonchev–Trinajstić information content (AvgIpc) is 2.85. The highest BCUT2D eigenvalue weighted by molar-refractivity contribution is 9.10. The average molecular weight is 322 g/mol. The van der Waals surface area contributed by atoms with Crippen molar-refractivity contribution in [2.24, 2.45) is 0 Å². The molecule has 0 saturated carbocycles. The van der Waals surface area contributed by atoms with Gasteiger partial charge in [0.1, 0.15) is 6.07 Å². The molecule has 1 N–H and O–H groups in total. The van der Waals surface area contributed by atoms with Crippen LogP contribution in [-0.2, 0) is 13.0 Å². The Labute approximate surface area is 119 Å². The molecule has 1 heterocycles. The first-order valence-corrected chi connectivity index (χ1v) is 7.27. The second-order valence-corrected chi connectivity index (χ2v) is 5.60. The van der Waals surface area contributed by atoms with Crippen LogP contribution in [-0.4, -0.2) is 4.98 Å². The number of thiazole rings is 1. The van der Waals surface area contributed by atoms with E-state index in [-0.39, 0.29) is 0 Å². The molecule has 0 atom stereocenters. The van der Waals surface area contributed by atoms with Gasteiger partial charge in [-0.25, -0.2) is 4.98 Å². The Balaban J connectivity index is 2.08. The van der Waals surface area contributed by atoms with Crippen LogP contribution in [0.1, 0.15) is 23.2 Å². The van der Waals surface area contributed by atoms with Crippen molar-refractivity contribution in [1.82, 2.24) is 4.98 Å². The second kappa shape index (κ2) is 5.98. The van der Waals surface area contributed by atoms with Crippen LogP contribution in [0.4, 0.5) is 5.69 Å². The summed E-state index contributed by atoms with van der Waals surface area (Å²) in [6.07, 6.45) is 0.965. The lowest BCUT2D eigenvalue weighted by Crippen LogP contribution is -2.01. The molecule has 5 heteroatoms. The highest BCUT2D eigenvalue weighted by atomic mass is 79.9. The van der Waals surface area contributed by atoms with E-state index in [1.54, 1.807) is 17.4 Å². The van der Waals surface area contributed by atoms with E-state index in [0.29, 0.717) is 12.1 Å². The Hall–Kier alpha value is -1.38. The van der Waals surface area contributed by atoms with E-state index in [1.807, 2.05) is 12.1 Å². The molecule has 0 fully saturated rings. The van der Waals surface area contributed by atoms with Gasteiger partial charge in [0.15, 0.2) is 0 Å². The molecule has 0 aliphatic rings. The summed E-state index contributed by atoms with van der Waals surface area (Å²) >= 11 is 5.03. The van der Waals surface area contributed by atoms with E-state index >= 15 is 0 Å². The van der Waals surface area contributed by atoms with Gasteiger partial charge in [-0.15, -0.1) is 11.3 Å². The molecule has 1 aromatic carbocycles. The summed E-state index contributed by atoms with van der Waals surface area (Å²) in [6.45, 7) is 2.74. The molecule has 92 valence electrons. The molecule has 18 heavy (non-hydrogen) atoms. The van der Waals surface area contributed by atoms with Crippen molar-refractivity contribution in [2.75, 3.05) is 5.32 Å². The summed E-state index contributed by atoms with van der Waals surface area (Å²) in [6, 6.07) is 7.80. The van der Waals surface area contributed by atoms with Gasteiger partial charge >= 0.3 is 0 Å². The smallest absolute Gasteiger partial charge is 0.101 e. The van der Waals surface area contributed by atoms with Gasteiger partial charge in [0, 0.05) is 9.85 Å². The topological polar surface area (TPSA) is 48.7 Å². The predicted molar refractivity (Wildman–Crippen MR) is 77.7 cm³/mol. The summed E-state index contributed by atoms with van der Waals surface area (Å²) in [5.74, 6) is 0. The van der Waals surface area contributed by atoms with Crippen LogP contribution in [0.25, 0.3) is 0 Å². The molecule has 0 saturated heterocycles. The maximum absolute atomic E-state index is 9.06. The number of hydrogen-bond acceptors (Lipinski definition) is 4. The summed E-state index contributed by atoms with van der Waals surface area (Å²) < 4.78 is 0.909. The van der Waals surface area contributed by atoms with E-state index in [2.05, 4.69) is 44.6 Å². The molecular weight excluding hydrogens is 310 g/mol. The van der Waals surface area contributed by atoms with Gasteiger partial charge in [-0.3, -0.25) is 0 Å². The van der Waals surface area contributed by atoms with Crippen LogP contribution >= 0.6 is 27.3 Å². The predicted octanol–water partition coefficient (Wildman–Crippen LogP) is 3.95. The lowest BCUT2D eigenvalue weighted by Gasteiger charge is -2.06. The molecule has 0 radical (unpaired) electrons. The minimum absolute atomic E-state index is 0.635. The number of benzene rings is 1.